The quantitative estimate of drug-likeness (QED) is 0.718. The van der Waals surface area contributed by atoms with Gasteiger partial charge in [-0.05, 0) is 65.2 Å². The molecule has 0 amide bonds. The fraction of sp³-hybridized carbons (Fsp3) is 1.00. The zero-order valence-corrected chi connectivity index (χ0v) is 11.2. The Kier molecular flexibility index (Phi) is 7.01. The minimum Gasteiger partial charge on any atom is -0.383 e. The highest BCUT2D eigenvalue weighted by Crippen LogP contribution is 2.17. The summed E-state index contributed by atoms with van der Waals surface area (Å²) < 4.78 is 5.17. The summed E-state index contributed by atoms with van der Waals surface area (Å²) in [6.07, 6.45) is 5.47. The Morgan fingerprint density at radius 3 is 2.69 bits per heavy atom. The van der Waals surface area contributed by atoms with Crippen molar-refractivity contribution in [3.8, 4) is 0 Å². The number of ether oxygens (including phenoxy) is 1. The minimum atomic E-state index is 0.540. The van der Waals surface area contributed by atoms with Crippen LogP contribution < -0.4 is 5.32 Å². The highest BCUT2D eigenvalue weighted by molar-refractivity contribution is 4.70. The molecule has 1 heterocycles. The maximum atomic E-state index is 5.17. The van der Waals surface area contributed by atoms with Gasteiger partial charge in [-0.15, -0.1) is 0 Å². The van der Waals surface area contributed by atoms with Crippen LogP contribution in [0.25, 0.3) is 0 Å². The van der Waals surface area contributed by atoms with Crippen molar-refractivity contribution in [1.29, 1.82) is 0 Å². The molecule has 0 aliphatic carbocycles. The van der Waals surface area contributed by atoms with Crippen molar-refractivity contribution < 1.29 is 4.74 Å². The first kappa shape index (κ1) is 13.9. The van der Waals surface area contributed by atoms with Crippen LogP contribution in [0.3, 0.4) is 0 Å². The Hall–Kier alpha value is -0.120. The number of piperidine rings is 1. The predicted octanol–water partition coefficient (Wildman–Crippen LogP) is 1.73. The number of nitrogens with zero attached hydrogens (tertiary/aromatic N) is 1. The molecule has 3 heteroatoms. The monoisotopic (exact) mass is 228 g/mol. The van der Waals surface area contributed by atoms with E-state index in [1.165, 1.54) is 45.3 Å². The van der Waals surface area contributed by atoms with Gasteiger partial charge in [-0.3, -0.25) is 0 Å². The van der Waals surface area contributed by atoms with Gasteiger partial charge >= 0.3 is 0 Å². The zero-order valence-electron chi connectivity index (χ0n) is 11.2. The number of nitrogens with one attached hydrogen (secondary N) is 1. The first-order chi connectivity index (χ1) is 7.74. The third-order valence-corrected chi connectivity index (χ3v) is 3.74. The maximum Gasteiger partial charge on any atom is 0.0615 e. The summed E-state index contributed by atoms with van der Waals surface area (Å²) in [7, 11) is 3.98. The van der Waals surface area contributed by atoms with Crippen LogP contribution in [0.5, 0.6) is 0 Å². The Morgan fingerprint density at radius 2 is 2.06 bits per heavy atom. The molecule has 1 N–H and O–H groups in total. The predicted molar refractivity (Wildman–Crippen MR) is 68.8 cm³/mol. The maximum absolute atomic E-state index is 5.17. The van der Waals surface area contributed by atoms with Gasteiger partial charge in [0, 0.05) is 13.2 Å². The van der Waals surface area contributed by atoms with Crippen LogP contribution in [-0.2, 0) is 4.74 Å². The molecule has 0 bridgehead atoms. The second-order valence-corrected chi connectivity index (χ2v) is 5.12. The molecule has 16 heavy (non-hydrogen) atoms. The van der Waals surface area contributed by atoms with E-state index in [0.717, 1.165) is 12.5 Å². The normalized spacial score (nSPS) is 20.2. The van der Waals surface area contributed by atoms with Crippen molar-refractivity contribution in [2.45, 2.75) is 38.6 Å². The number of methoxy groups -OCH3 is 1. The molecule has 0 aromatic carbocycles. The highest BCUT2D eigenvalue weighted by atomic mass is 16.5. The lowest BCUT2D eigenvalue weighted by Gasteiger charge is -2.26. The van der Waals surface area contributed by atoms with Crippen molar-refractivity contribution in [2.75, 3.05) is 40.4 Å². The third kappa shape index (κ3) is 5.28. The molecule has 0 spiro atoms. The van der Waals surface area contributed by atoms with Crippen molar-refractivity contribution in [1.82, 2.24) is 10.2 Å². The van der Waals surface area contributed by atoms with Gasteiger partial charge in [-0.25, -0.2) is 0 Å². The molecule has 0 aromatic heterocycles. The molecule has 0 aromatic rings. The van der Waals surface area contributed by atoms with E-state index < -0.39 is 0 Å². The molecule has 1 atom stereocenters. The summed E-state index contributed by atoms with van der Waals surface area (Å²) in [5.41, 5.74) is 0. The van der Waals surface area contributed by atoms with E-state index in [1.54, 1.807) is 7.11 Å². The molecule has 0 saturated carbocycles. The van der Waals surface area contributed by atoms with Gasteiger partial charge < -0.3 is 15.0 Å². The molecule has 0 radical (unpaired) electrons. The number of hydrogen-bond acceptors (Lipinski definition) is 3. The second kappa shape index (κ2) is 8.04. The largest absolute Gasteiger partial charge is 0.383 e. The fourth-order valence-corrected chi connectivity index (χ4v) is 2.39. The molecule has 1 aliphatic rings. The summed E-state index contributed by atoms with van der Waals surface area (Å²) in [6, 6.07) is 0.540. The van der Waals surface area contributed by atoms with E-state index in [-0.39, 0.29) is 0 Å². The Bertz CT molecular complexity index is 169. The third-order valence-electron chi connectivity index (χ3n) is 3.74. The van der Waals surface area contributed by atoms with Crippen LogP contribution in [0.4, 0.5) is 0 Å². The lowest BCUT2D eigenvalue weighted by atomic mass is 9.93. The van der Waals surface area contributed by atoms with E-state index in [9.17, 15) is 0 Å². The summed E-state index contributed by atoms with van der Waals surface area (Å²) in [5.74, 6) is 0.965. The van der Waals surface area contributed by atoms with E-state index in [0.29, 0.717) is 6.04 Å². The van der Waals surface area contributed by atoms with Crippen LogP contribution in [-0.4, -0.2) is 51.3 Å². The average molecular weight is 228 g/mol. The first-order valence-corrected chi connectivity index (χ1v) is 6.64. The van der Waals surface area contributed by atoms with E-state index in [1.807, 2.05) is 0 Å². The fourth-order valence-electron chi connectivity index (χ4n) is 2.39. The summed E-state index contributed by atoms with van der Waals surface area (Å²) in [6.45, 7) is 6.72. The van der Waals surface area contributed by atoms with Crippen LogP contribution in [0.2, 0.25) is 0 Å². The van der Waals surface area contributed by atoms with Crippen LogP contribution >= 0.6 is 0 Å². The lowest BCUT2D eigenvalue weighted by molar-refractivity contribution is 0.113. The average Bonchev–Trinajstić information content (AvgIpc) is 2.30. The van der Waals surface area contributed by atoms with Crippen LogP contribution in [0.15, 0.2) is 0 Å². The molecule has 1 saturated heterocycles. The minimum absolute atomic E-state index is 0.540. The molecule has 96 valence electrons. The van der Waals surface area contributed by atoms with Gasteiger partial charge in [0.15, 0.2) is 0 Å². The Morgan fingerprint density at radius 1 is 1.38 bits per heavy atom. The number of hydrogen-bond donors (Lipinski definition) is 1. The van der Waals surface area contributed by atoms with E-state index in [2.05, 4.69) is 24.2 Å². The molecule has 1 fully saturated rings. The van der Waals surface area contributed by atoms with Gasteiger partial charge in [0.1, 0.15) is 0 Å². The van der Waals surface area contributed by atoms with Crippen LogP contribution in [0, 0.1) is 5.92 Å². The van der Waals surface area contributed by atoms with E-state index in [4.69, 9.17) is 4.74 Å². The van der Waals surface area contributed by atoms with Crippen molar-refractivity contribution in [3.05, 3.63) is 0 Å². The lowest BCUT2D eigenvalue weighted by Crippen LogP contribution is -2.34. The Balaban J connectivity index is 2.04. The summed E-state index contributed by atoms with van der Waals surface area (Å²) in [5, 5.41) is 3.42. The van der Waals surface area contributed by atoms with Crippen molar-refractivity contribution in [2.24, 2.45) is 5.92 Å². The number of rotatable bonds is 7. The molecule has 3 nitrogen and oxygen atoms in total. The second-order valence-electron chi connectivity index (χ2n) is 5.12. The topological polar surface area (TPSA) is 24.5 Å². The smallest absolute Gasteiger partial charge is 0.0615 e. The van der Waals surface area contributed by atoms with Gasteiger partial charge in [-0.2, -0.15) is 0 Å². The first-order valence-electron chi connectivity index (χ1n) is 6.64. The van der Waals surface area contributed by atoms with E-state index >= 15 is 0 Å². The van der Waals surface area contributed by atoms with Gasteiger partial charge in [-0.1, -0.05) is 0 Å². The van der Waals surface area contributed by atoms with Crippen molar-refractivity contribution in [3.63, 3.8) is 0 Å². The molecular formula is C13H28N2O. The van der Waals surface area contributed by atoms with Gasteiger partial charge in [0.05, 0.1) is 6.61 Å². The Labute approximate surface area is 101 Å². The standard InChI is InChI=1S/C13H28N2O/c1-12(11-16-3)15(2)10-4-5-13-6-8-14-9-7-13/h12-14H,4-11H2,1-3H3. The molecular weight excluding hydrogens is 200 g/mol. The van der Waals surface area contributed by atoms with Crippen LogP contribution in [0.1, 0.15) is 32.6 Å². The summed E-state index contributed by atoms with van der Waals surface area (Å²) >= 11 is 0. The van der Waals surface area contributed by atoms with Gasteiger partial charge in [0.25, 0.3) is 0 Å². The number of likely N-dealkylation sites (N-methyl/N-ethyl adjacent to an activating group) is 1. The zero-order chi connectivity index (χ0) is 11.8. The molecule has 1 rings (SSSR count). The van der Waals surface area contributed by atoms with Crippen molar-refractivity contribution >= 4 is 0 Å². The highest BCUT2D eigenvalue weighted by Gasteiger charge is 2.13. The summed E-state index contributed by atoms with van der Waals surface area (Å²) in [4.78, 5) is 2.41. The van der Waals surface area contributed by atoms with Gasteiger partial charge in [0.2, 0.25) is 0 Å². The molecule has 1 aliphatic heterocycles. The SMILES string of the molecule is COCC(C)N(C)CCCC1CCNCC1. The molecule has 1 unspecified atom stereocenters.